The molecule has 19 heavy (non-hydrogen) atoms. The smallest absolute Gasteiger partial charge is 0.261 e. The Morgan fingerprint density at radius 2 is 2.00 bits per heavy atom. The van der Waals surface area contributed by atoms with E-state index in [1.165, 1.54) is 12.1 Å². The van der Waals surface area contributed by atoms with Crippen molar-refractivity contribution in [1.29, 1.82) is 0 Å². The highest BCUT2D eigenvalue weighted by atomic mass is 79.9. The molecule has 1 aliphatic rings. The van der Waals surface area contributed by atoms with Crippen LogP contribution in [-0.2, 0) is 9.05 Å². The molecule has 0 N–H and O–H groups in total. The Morgan fingerprint density at radius 3 is 2.47 bits per heavy atom. The number of halogens is 2. The van der Waals surface area contributed by atoms with Gasteiger partial charge in [0.05, 0.1) is 4.90 Å². The van der Waals surface area contributed by atoms with Crippen molar-refractivity contribution in [3.8, 4) is 0 Å². The molecule has 4 nitrogen and oxygen atoms in total. The molecule has 2 rings (SSSR count). The van der Waals surface area contributed by atoms with E-state index >= 15 is 0 Å². The van der Waals surface area contributed by atoms with Crippen LogP contribution in [0.15, 0.2) is 27.6 Å². The van der Waals surface area contributed by atoms with Gasteiger partial charge < -0.3 is 4.90 Å². The summed E-state index contributed by atoms with van der Waals surface area (Å²) in [5, 5.41) is 0. The molecule has 7 heteroatoms. The van der Waals surface area contributed by atoms with Crippen LogP contribution >= 0.6 is 26.6 Å². The monoisotopic (exact) mass is 365 g/mol. The van der Waals surface area contributed by atoms with E-state index in [-0.39, 0.29) is 16.8 Å². The van der Waals surface area contributed by atoms with Gasteiger partial charge in [-0.1, -0.05) is 15.9 Å². The second kappa shape index (κ2) is 5.42. The van der Waals surface area contributed by atoms with Gasteiger partial charge in [-0.05, 0) is 37.5 Å². The topological polar surface area (TPSA) is 54.5 Å². The van der Waals surface area contributed by atoms with Gasteiger partial charge in [-0.15, -0.1) is 0 Å². The van der Waals surface area contributed by atoms with E-state index in [0.717, 1.165) is 19.3 Å². The molecule has 1 aromatic rings. The summed E-state index contributed by atoms with van der Waals surface area (Å²) >= 11 is 3.20. The highest BCUT2D eigenvalue weighted by molar-refractivity contribution is 9.10. The minimum absolute atomic E-state index is 0.0751. The maximum atomic E-state index is 12.3. The van der Waals surface area contributed by atoms with E-state index in [1.54, 1.807) is 18.0 Å². The summed E-state index contributed by atoms with van der Waals surface area (Å²) in [4.78, 5) is 13.9. The number of nitrogens with zero attached hydrogens (tertiary/aromatic N) is 1. The van der Waals surface area contributed by atoms with Crippen LogP contribution in [-0.4, -0.2) is 32.3 Å². The zero-order chi connectivity index (χ0) is 14.2. The summed E-state index contributed by atoms with van der Waals surface area (Å²) in [7, 11) is 3.20. The largest absolute Gasteiger partial charge is 0.339 e. The van der Waals surface area contributed by atoms with Crippen LogP contribution in [0.5, 0.6) is 0 Å². The summed E-state index contributed by atoms with van der Waals surface area (Å²) in [5.74, 6) is -0.187. The third kappa shape index (κ3) is 3.30. The van der Waals surface area contributed by atoms with Gasteiger partial charge in [-0.2, -0.15) is 0 Å². The SMILES string of the molecule is CN(C(=O)c1cc(Br)cc(S(=O)(=O)Cl)c1)C1CCC1. The van der Waals surface area contributed by atoms with Crippen LogP contribution in [0.4, 0.5) is 0 Å². The van der Waals surface area contributed by atoms with Crippen LogP contribution in [0.1, 0.15) is 29.6 Å². The Hall–Kier alpha value is -0.590. The Balaban J connectivity index is 2.34. The van der Waals surface area contributed by atoms with Gasteiger partial charge in [-0.3, -0.25) is 4.79 Å². The minimum Gasteiger partial charge on any atom is -0.339 e. The lowest BCUT2D eigenvalue weighted by molar-refractivity contribution is 0.0651. The standard InChI is InChI=1S/C12H13BrClNO3S/c1-15(10-3-2-4-10)12(16)8-5-9(13)7-11(6-8)19(14,17)18/h5-7,10H,2-4H2,1H3. The fourth-order valence-electron chi connectivity index (χ4n) is 1.97. The Labute approximate surface area is 125 Å². The van der Waals surface area contributed by atoms with Crippen molar-refractivity contribution in [3.63, 3.8) is 0 Å². The maximum Gasteiger partial charge on any atom is 0.261 e. The lowest BCUT2D eigenvalue weighted by atomic mass is 9.91. The summed E-state index contributed by atoms with van der Waals surface area (Å²) < 4.78 is 23.2. The molecule has 0 spiro atoms. The molecule has 0 atom stereocenters. The molecule has 1 aromatic carbocycles. The number of rotatable bonds is 3. The van der Waals surface area contributed by atoms with Crippen LogP contribution in [0.25, 0.3) is 0 Å². The molecule has 0 saturated heterocycles. The van der Waals surface area contributed by atoms with Crippen LogP contribution < -0.4 is 0 Å². The summed E-state index contributed by atoms with van der Waals surface area (Å²) in [6.45, 7) is 0. The zero-order valence-electron chi connectivity index (χ0n) is 10.3. The quantitative estimate of drug-likeness (QED) is 0.773. The molecule has 0 aliphatic heterocycles. The van der Waals surface area contributed by atoms with Crippen LogP contribution in [0.3, 0.4) is 0 Å². The first-order valence-corrected chi connectivity index (χ1v) is 8.91. The van der Waals surface area contributed by atoms with E-state index in [2.05, 4.69) is 15.9 Å². The van der Waals surface area contributed by atoms with Gasteiger partial charge in [0.25, 0.3) is 15.0 Å². The summed E-state index contributed by atoms with van der Waals surface area (Å²) in [6.07, 6.45) is 3.12. The van der Waals surface area contributed by atoms with Crippen molar-refractivity contribution in [2.75, 3.05) is 7.05 Å². The first kappa shape index (κ1) is 14.8. The molecule has 1 amide bonds. The van der Waals surface area contributed by atoms with Crippen molar-refractivity contribution >= 4 is 41.6 Å². The molecular weight excluding hydrogens is 354 g/mol. The number of carbonyl (C=O) groups is 1. The molecule has 1 fully saturated rings. The van der Waals surface area contributed by atoms with Crippen LogP contribution in [0.2, 0.25) is 0 Å². The van der Waals surface area contributed by atoms with Gasteiger partial charge in [0.1, 0.15) is 0 Å². The third-order valence-corrected chi connectivity index (χ3v) is 5.13. The molecule has 104 valence electrons. The molecule has 0 unspecified atom stereocenters. The molecule has 1 aliphatic carbocycles. The van der Waals surface area contributed by atoms with Crippen molar-refractivity contribution < 1.29 is 13.2 Å². The van der Waals surface area contributed by atoms with Gasteiger partial charge in [0, 0.05) is 33.8 Å². The Morgan fingerprint density at radius 1 is 1.37 bits per heavy atom. The Bertz CT molecular complexity index is 613. The van der Waals surface area contributed by atoms with Crippen molar-refractivity contribution in [2.24, 2.45) is 0 Å². The lowest BCUT2D eigenvalue weighted by Gasteiger charge is -2.34. The van der Waals surface area contributed by atoms with Gasteiger partial charge in [0.15, 0.2) is 0 Å². The number of hydrogen-bond acceptors (Lipinski definition) is 3. The second-order valence-electron chi connectivity index (χ2n) is 4.61. The summed E-state index contributed by atoms with van der Waals surface area (Å²) in [5.41, 5.74) is 0.322. The van der Waals surface area contributed by atoms with Crippen molar-refractivity contribution in [1.82, 2.24) is 4.90 Å². The lowest BCUT2D eigenvalue weighted by Crippen LogP contribution is -2.41. The van der Waals surface area contributed by atoms with E-state index in [9.17, 15) is 13.2 Å². The van der Waals surface area contributed by atoms with Gasteiger partial charge in [-0.25, -0.2) is 8.42 Å². The molecule has 0 aromatic heterocycles. The van der Waals surface area contributed by atoms with E-state index < -0.39 is 9.05 Å². The van der Waals surface area contributed by atoms with Crippen LogP contribution in [0, 0.1) is 0 Å². The molecule has 0 radical (unpaired) electrons. The number of amides is 1. The Kier molecular flexibility index (Phi) is 4.23. The fraction of sp³-hybridized carbons (Fsp3) is 0.417. The minimum atomic E-state index is -3.85. The normalized spacial score (nSPS) is 15.9. The predicted molar refractivity (Wildman–Crippen MR) is 76.9 cm³/mol. The molecule has 0 bridgehead atoms. The predicted octanol–water partition coefficient (Wildman–Crippen LogP) is 3.00. The van der Waals surface area contributed by atoms with E-state index in [4.69, 9.17) is 10.7 Å². The zero-order valence-corrected chi connectivity index (χ0v) is 13.4. The van der Waals surface area contributed by atoms with E-state index in [0.29, 0.717) is 10.0 Å². The molecule has 1 saturated carbocycles. The number of carbonyl (C=O) groups excluding carboxylic acids is 1. The molecule has 0 heterocycles. The number of benzene rings is 1. The summed E-state index contributed by atoms with van der Waals surface area (Å²) in [6, 6.07) is 4.54. The average molecular weight is 367 g/mol. The van der Waals surface area contributed by atoms with Gasteiger partial charge in [0.2, 0.25) is 0 Å². The second-order valence-corrected chi connectivity index (χ2v) is 8.10. The maximum absolute atomic E-state index is 12.3. The third-order valence-electron chi connectivity index (χ3n) is 3.34. The first-order chi connectivity index (χ1) is 8.79. The average Bonchev–Trinajstić information content (AvgIpc) is 2.23. The van der Waals surface area contributed by atoms with Crippen molar-refractivity contribution in [2.45, 2.75) is 30.2 Å². The van der Waals surface area contributed by atoms with E-state index in [1.807, 2.05) is 0 Å². The fourth-order valence-corrected chi connectivity index (χ4v) is 3.42. The molecular formula is C12H13BrClNO3S. The highest BCUT2D eigenvalue weighted by Crippen LogP contribution is 2.27. The van der Waals surface area contributed by atoms with Gasteiger partial charge >= 0.3 is 0 Å². The van der Waals surface area contributed by atoms with Crippen molar-refractivity contribution in [3.05, 3.63) is 28.2 Å². The number of hydrogen-bond donors (Lipinski definition) is 0. The first-order valence-electron chi connectivity index (χ1n) is 5.81. The highest BCUT2D eigenvalue weighted by Gasteiger charge is 2.27.